The minimum atomic E-state index is -0.694. The third-order valence-corrected chi connectivity index (χ3v) is 6.16. The molecule has 0 spiro atoms. The number of rotatable bonds is 7. The summed E-state index contributed by atoms with van der Waals surface area (Å²) in [6.07, 6.45) is 1.20. The number of amides is 2. The van der Waals surface area contributed by atoms with Gasteiger partial charge in [-0.05, 0) is 30.7 Å². The fraction of sp³-hybridized carbons (Fsp3) is 0.440. The number of carbonyl (C=O) groups is 2. The molecule has 2 aliphatic heterocycles. The van der Waals surface area contributed by atoms with Gasteiger partial charge in [0.2, 0.25) is 6.10 Å². The number of nitrogens with zero attached hydrogens (tertiary/aromatic N) is 2. The van der Waals surface area contributed by atoms with E-state index in [9.17, 15) is 9.59 Å². The molecule has 2 aliphatic rings. The summed E-state index contributed by atoms with van der Waals surface area (Å²) in [6.45, 7) is 4.40. The quantitative estimate of drug-likeness (QED) is 0.554. The van der Waals surface area contributed by atoms with E-state index in [-0.39, 0.29) is 18.4 Å². The zero-order valence-electron chi connectivity index (χ0n) is 19.4. The largest absolute Gasteiger partial charge is 0.493 e. The van der Waals surface area contributed by atoms with E-state index in [4.69, 9.17) is 30.5 Å². The highest BCUT2D eigenvalue weighted by Crippen LogP contribution is 2.37. The van der Waals surface area contributed by atoms with Crippen LogP contribution in [0, 0.1) is 0 Å². The Morgan fingerprint density at radius 3 is 2.50 bits per heavy atom. The van der Waals surface area contributed by atoms with Crippen LogP contribution in [0.2, 0.25) is 5.02 Å². The Bertz CT molecular complexity index is 1040. The number of ether oxygens (including phenoxy) is 4. The fourth-order valence-electron chi connectivity index (χ4n) is 3.96. The molecule has 2 aromatic rings. The lowest BCUT2D eigenvalue weighted by Gasteiger charge is -2.37. The number of halogens is 1. The molecule has 0 aliphatic carbocycles. The summed E-state index contributed by atoms with van der Waals surface area (Å²) in [4.78, 5) is 29.5. The van der Waals surface area contributed by atoms with Gasteiger partial charge in [-0.15, -0.1) is 0 Å². The monoisotopic (exact) mass is 488 g/mol. The van der Waals surface area contributed by atoms with Crippen molar-refractivity contribution in [2.75, 3.05) is 46.5 Å². The summed E-state index contributed by atoms with van der Waals surface area (Å²) in [6, 6.07) is 10.5. The lowest BCUT2D eigenvalue weighted by atomic mass is 10.1. The third-order valence-electron chi connectivity index (χ3n) is 5.88. The number of piperazine rings is 1. The van der Waals surface area contributed by atoms with E-state index in [2.05, 4.69) is 6.92 Å². The van der Waals surface area contributed by atoms with Crippen LogP contribution in [0.4, 0.5) is 0 Å². The number of hydrogen-bond acceptors (Lipinski definition) is 6. The van der Waals surface area contributed by atoms with Gasteiger partial charge in [0.05, 0.1) is 18.7 Å². The molecule has 2 aromatic carbocycles. The maximum absolute atomic E-state index is 13.1. The number of unbranched alkanes of at least 4 members (excludes halogenated alkanes) is 1. The van der Waals surface area contributed by atoms with Crippen molar-refractivity contribution in [3.8, 4) is 23.0 Å². The third kappa shape index (κ3) is 5.17. The lowest BCUT2D eigenvalue weighted by Crippen LogP contribution is -2.55. The predicted molar refractivity (Wildman–Crippen MR) is 127 cm³/mol. The van der Waals surface area contributed by atoms with Gasteiger partial charge in [0.15, 0.2) is 23.0 Å². The Morgan fingerprint density at radius 2 is 1.79 bits per heavy atom. The first-order valence-electron chi connectivity index (χ1n) is 11.5. The van der Waals surface area contributed by atoms with Crippen LogP contribution < -0.4 is 18.9 Å². The second-order valence-electron chi connectivity index (χ2n) is 8.17. The van der Waals surface area contributed by atoms with E-state index in [1.165, 1.54) is 7.11 Å². The molecule has 1 fully saturated rings. The van der Waals surface area contributed by atoms with Gasteiger partial charge in [-0.25, -0.2) is 0 Å². The van der Waals surface area contributed by atoms with Crippen molar-refractivity contribution < 1.29 is 28.5 Å². The van der Waals surface area contributed by atoms with E-state index in [1.54, 1.807) is 28.0 Å². The molecule has 1 atom stereocenters. The molecule has 0 radical (unpaired) electrons. The van der Waals surface area contributed by atoms with Crippen LogP contribution in [0.5, 0.6) is 23.0 Å². The second kappa shape index (κ2) is 10.9. The van der Waals surface area contributed by atoms with Crippen molar-refractivity contribution >= 4 is 23.4 Å². The van der Waals surface area contributed by atoms with Gasteiger partial charge in [-0.1, -0.05) is 37.1 Å². The number of benzene rings is 2. The molecule has 0 bridgehead atoms. The SMILES string of the molecule is CCCCOc1c(Cl)cc(C(=O)N2CCN(C(=O)[C@H]3COc4ccccc4O3)CC2)cc1OC. The average molecular weight is 489 g/mol. The lowest BCUT2D eigenvalue weighted by molar-refractivity contribution is -0.142. The molecule has 0 saturated carbocycles. The molecular weight excluding hydrogens is 460 g/mol. The number of para-hydroxylation sites is 2. The van der Waals surface area contributed by atoms with E-state index < -0.39 is 6.10 Å². The molecule has 8 nitrogen and oxygen atoms in total. The predicted octanol–water partition coefficient (Wildman–Crippen LogP) is 3.65. The standard InChI is InChI=1S/C25H29ClN2O6/c1-3-4-13-32-23-18(26)14-17(15-21(23)31-2)24(29)27-9-11-28(12-10-27)25(30)22-16-33-19-7-5-6-8-20(19)34-22/h5-8,14-15,22H,3-4,9-13,16H2,1-2H3/t22-/m1/s1. The summed E-state index contributed by atoms with van der Waals surface area (Å²) < 4.78 is 22.7. The summed E-state index contributed by atoms with van der Waals surface area (Å²) in [5.41, 5.74) is 0.421. The van der Waals surface area contributed by atoms with E-state index >= 15 is 0 Å². The van der Waals surface area contributed by atoms with Crippen LogP contribution >= 0.6 is 11.6 Å². The van der Waals surface area contributed by atoms with E-state index in [0.717, 1.165) is 12.8 Å². The van der Waals surface area contributed by atoms with E-state index in [0.29, 0.717) is 66.4 Å². The summed E-state index contributed by atoms with van der Waals surface area (Å²) in [5.74, 6) is 1.77. The molecule has 2 amide bonds. The van der Waals surface area contributed by atoms with Crippen molar-refractivity contribution in [3.05, 3.63) is 47.0 Å². The zero-order chi connectivity index (χ0) is 24.1. The minimum absolute atomic E-state index is 0.139. The van der Waals surface area contributed by atoms with Crippen molar-refractivity contribution in [3.63, 3.8) is 0 Å². The molecular formula is C25H29ClN2O6. The summed E-state index contributed by atoms with van der Waals surface area (Å²) >= 11 is 6.41. The average Bonchev–Trinajstić information content (AvgIpc) is 2.88. The first-order valence-corrected chi connectivity index (χ1v) is 11.9. The van der Waals surface area contributed by atoms with Crippen molar-refractivity contribution in [2.24, 2.45) is 0 Å². The minimum Gasteiger partial charge on any atom is -0.493 e. The van der Waals surface area contributed by atoms with Gasteiger partial charge >= 0.3 is 0 Å². The van der Waals surface area contributed by atoms with Crippen LogP contribution in [0.25, 0.3) is 0 Å². The van der Waals surface area contributed by atoms with Crippen LogP contribution in [-0.4, -0.2) is 74.2 Å². The first-order chi connectivity index (χ1) is 16.5. The van der Waals surface area contributed by atoms with Gasteiger partial charge in [0.1, 0.15) is 6.61 Å². The Hall–Kier alpha value is -3.13. The number of carbonyl (C=O) groups excluding carboxylic acids is 2. The van der Waals surface area contributed by atoms with Gasteiger partial charge < -0.3 is 28.7 Å². The van der Waals surface area contributed by atoms with Crippen molar-refractivity contribution in [1.29, 1.82) is 0 Å². The Balaban J connectivity index is 1.36. The maximum Gasteiger partial charge on any atom is 0.267 e. The van der Waals surface area contributed by atoms with Gasteiger partial charge in [-0.3, -0.25) is 9.59 Å². The van der Waals surface area contributed by atoms with Gasteiger partial charge in [0, 0.05) is 31.7 Å². The van der Waals surface area contributed by atoms with Gasteiger partial charge in [-0.2, -0.15) is 0 Å². The number of methoxy groups -OCH3 is 1. The molecule has 1 saturated heterocycles. The highest BCUT2D eigenvalue weighted by atomic mass is 35.5. The van der Waals surface area contributed by atoms with Gasteiger partial charge in [0.25, 0.3) is 11.8 Å². The van der Waals surface area contributed by atoms with Crippen LogP contribution in [0.1, 0.15) is 30.1 Å². The summed E-state index contributed by atoms with van der Waals surface area (Å²) in [7, 11) is 1.52. The van der Waals surface area contributed by atoms with E-state index in [1.807, 2.05) is 18.2 Å². The molecule has 0 aromatic heterocycles. The smallest absolute Gasteiger partial charge is 0.267 e. The highest BCUT2D eigenvalue weighted by molar-refractivity contribution is 6.32. The second-order valence-corrected chi connectivity index (χ2v) is 8.58. The van der Waals surface area contributed by atoms with Crippen LogP contribution in [-0.2, 0) is 4.79 Å². The number of fused-ring (bicyclic) bond motifs is 1. The molecule has 0 N–H and O–H groups in total. The van der Waals surface area contributed by atoms with Crippen molar-refractivity contribution in [2.45, 2.75) is 25.9 Å². The Kier molecular flexibility index (Phi) is 7.67. The Labute approximate surface area is 204 Å². The molecule has 0 unspecified atom stereocenters. The summed E-state index contributed by atoms with van der Waals surface area (Å²) in [5, 5.41) is 0.336. The van der Waals surface area contributed by atoms with Crippen molar-refractivity contribution in [1.82, 2.24) is 9.80 Å². The fourth-order valence-corrected chi connectivity index (χ4v) is 4.22. The molecule has 4 rings (SSSR count). The molecule has 34 heavy (non-hydrogen) atoms. The molecule has 9 heteroatoms. The zero-order valence-corrected chi connectivity index (χ0v) is 20.2. The molecule has 182 valence electrons. The normalized spacial score (nSPS) is 17.3. The molecule has 2 heterocycles. The highest BCUT2D eigenvalue weighted by Gasteiger charge is 2.33. The van der Waals surface area contributed by atoms with Crippen LogP contribution in [0.3, 0.4) is 0 Å². The topological polar surface area (TPSA) is 77.5 Å². The Morgan fingerprint density at radius 1 is 1.09 bits per heavy atom. The maximum atomic E-state index is 13.1. The number of hydrogen-bond donors (Lipinski definition) is 0. The first kappa shape index (κ1) is 24.0. The van der Waals surface area contributed by atoms with Crippen LogP contribution in [0.15, 0.2) is 36.4 Å².